The van der Waals surface area contributed by atoms with E-state index >= 15 is 0 Å². The van der Waals surface area contributed by atoms with Crippen LogP contribution in [0.5, 0.6) is 0 Å². The van der Waals surface area contributed by atoms with E-state index in [-0.39, 0.29) is 18.0 Å². The predicted octanol–water partition coefficient (Wildman–Crippen LogP) is 0.899. The van der Waals surface area contributed by atoms with Gasteiger partial charge in [0.05, 0.1) is 6.04 Å². The molecule has 12 heavy (non-hydrogen) atoms. The Morgan fingerprint density at radius 2 is 1.92 bits per heavy atom. The van der Waals surface area contributed by atoms with Gasteiger partial charge in [0.2, 0.25) is 5.91 Å². The van der Waals surface area contributed by atoms with Crippen molar-refractivity contribution in [2.24, 2.45) is 0 Å². The lowest BCUT2D eigenvalue weighted by atomic mass is 10.2. The molecular formula is C9H20N2O. The Kier molecular flexibility index (Phi) is 5.72. The van der Waals surface area contributed by atoms with Gasteiger partial charge >= 0.3 is 0 Å². The van der Waals surface area contributed by atoms with Crippen molar-refractivity contribution in [1.29, 1.82) is 0 Å². The minimum Gasteiger partial charge on any atom is -0.353 e. The molecule has 3 nitrogen and oxygen atoms in total. The van der Waals surface area contributed by atoms with E-state index in [0.29, 0.717) is 0 Å². The molecule has 0 radical (unpaired) electrons. The van der Waals surface area contributed by atoms with E-state index in [0.717, 1.165) is 13.0 Å². The van der Waals surface area contributed by atoms with Crippen LogP contribution in [0.3, 0.4) is 0 Å². The van der Waals surface area contributed by atoms with Crippen LogP contribution in [0.1, 0.15) is 34.1 Å². The maximum Gasteiger partial charge on any atom is 0.237 e. The third-order valence-electron chi connectivity index (χ3n) is 1.52. The summed E-state index contributed by atoms with van der Waals surface area (Å²) in [5.41, 5.74) is 0. The monoisotopic (exact) mass is 172 g/mol. The maximum atomic E-state index is 11.3. The molecule has 2 N–H and O–H groups in total. The Balaban J connectivity index is 3.61. The molecular weight excluding hydrogens is 152 g/mol. The van der Waals surface area contributed by atoms with Crippen LogP contribution in [0.4, 0.5) is 0 Å². The zero-order valence-corrected chi connectivity index (χ0v) is 8.48. The van der Waals surface area contributed by atoms with Crippen molar-refractivity contribution in [2.75, 3.05) is 6.54 Å². The highest BCUT2D eigenvalue weighted by atomic mass is 16.2. The molecule has 0 spiro atoms. The first-order valence-electron chi connectivity index (χ1n) is 4.61. The van der Waals surface area contributed by atoms with Crippen molar-refractivity contribution >= 4 is 5.91 Å². The molecule has 1 unspecified atom stereocenters. The molecule has 0 saturated carbocycles. The van der Waals surface area contributed by atoms with Crippen molar-refractivity contribution in [3.8, 4) is 0 Å². The van der Waals surface area contributed by atoms with Crippen molar-refractivity contribution in [1.82, 2.24) is 10.6 Å². The Bertz CT molecular complexity index is 134. The second-order valence-electron chi connectivity index (χ2n) is 3.34. The summed E-state index contributed by atoms with van der Waals surface area (Å²) in [6.07, 6.45) is 1.05. The highest BCUT2D eigenvalue weighted by Crippen LogP contribution is 1.85. The number of carbonyl (C=O) groups excluding carboxylic acids is 1. The molecule has 3 heteroatoms. The first-order valence-corrected chi connectivity index (χ1v) is 4.61. The molecule has 0 bridgehead atoms. The summed E-state index contributed by atoms with van der Waals surface area (Å²) in [5, 5.41) is 5.98. The van der Waals surface area contributed by atoms with Gasteiger partial charge in [-0.1, -0.05) is 6.92 Å². The van der Waals surface area contributed by atoms with Gasteiger partial charge in [-0.3, -0.25) is 4.79 Å². The molecule has 0 heterocycles. The van der Waals surface area contributed by atoms with Gasteiger partial charge in [-0.25, -0.2) is 0 Å². The summed E-state index contributed by atoms with van der Waals surface area (Å²) in [6.45, 7) is 8.79. The largest absolute Gasteiger partial charge is 0.353 e. The van der Waals surface area contributed by atoms with Crippen molar-refractivity contribution < 1.29 is 4.79 Å². The third kappa shape index (κ3) is 5.13. The lowest BCUT2D eigenvalue weighted by Gasteiger charge is -2.15. The van der Waals surface area contributed by atoms with Gasteiger partial charge in [-0.05, 0) is 33.7 Å². The SMILES string of the molecule is CCCNC(C)C(=O)NC(C)C. The fourth-order valence-corrected chi connectivity index (χ4v) is 0.863. The Morgan fingerprint density at radius 3 is 2.33 bits per heavy atom. The molecule has 0 fully saturated rings. The van der Waals surface area contributed by atoms with E-state index < -0.39 is 0 Å². The van der Waals surface area contributed by atoms with Crippen molar-refractivity contribution in [2.45, 2.75) is 46.2 Å². The van der Waals surface area contributed by atoms with Crippen LogP contribution in [-0.2, 0) is 4.79 Å². The summed E-state index contributed by atoms with van der Waals surface area (Å²) < 4.78 is 0. The normalized spacial score (nSPS) is 13.1. The molecule has 1 atom stereocenters. The Morgan fingerprint density at radius 1 is 1.33 bits per heavy atom. The number of carbonyl (C=O) groups is 1. The number of rotatable bonds is 5. The Labute approximate surface area is 74.9 Å². The third-order valence-corrected chi connectivity index (χ3v) is 1.52. The zero-order chi connectivity index (χ0) is 9.56. The van der Waals surface area contributed by atoms with Crippen LogP contribution in [-0.4, -0.2) is 24.5 Å². The molecule has 0 aliphatic carbocycles. The van der Waals surface area contributed by atoms with Gasteiger partial charge in [0, 0.05) is 6.04 Å². The quantitative estimate of drug-likeness (QED) is 0.647. The topological polar surface area (TPSA) is 41.1 Å². The second kappa shape index (κ2) is 6.00. The molecule has 0 aromatic carbocycles. The molecule has 0 rings (SSSR count). The van der Waals surface area contributed by atoms with Gasteiger partial charge in [0.25, 0.3) is 0 Å². The number of hydrogen-bond donors (Lipinski definition) is 2. The highest BCUT2D eigenvalue weighted by Gasteiger charge is 2.11. The van der Waals surface area contributed by atoms with Crippen molar-refractivity contribution in [3.05, 3.63) is 0 Å². The summed E-state index contributed by atoms with van der Waals surface area (Å²) in [5.74, 6) is 0.0819. The van der Waals surface area contributed by atoms with Gasteiger partial charge in [0.1, 0.15) is 0 Å². The Hall–Kier alpha value is -0.570. The minimum atomic E-state index is -0.0765. The first kappa shape index (κ1) is 11.4. The summed E-state index contributed by atoms with van der Waals surface area (Å²) in [6, 6.07) is 0.149. The molecule has 0 aliphatic rings. The van der Waals surface area contributed by atoms with E-state index in [2.05, 4.69) is 17.6 Å². The summed E-state index contributed by atoms with van der Waals surface area (Å²) >= 11 is 0. The lowest BCUT2D eigenvalue weighted by molar-refractivity contribution is -0.123. The molecule has 1 amide bonds. The van der Waals surface area contributed by atoms with Crippen LogP contribution >= 0.6 is 0 Å². The smallest absolute Gasteiger partial charge is 0.237 e. The summed E-state index contributed by atoms with van der Waals surface area (Å²) in [4.78, 5) is 11.3. The van der Waals surface area contributed by atoms with Crippen LogP contribution in [0.2, 0.25) is 0 Å². The first-order chi connectivity index (χ1) is 5.57. The van der Waals surface area contributed by atoms with E-state index in [4.69, 9.17) is 0 Å². The van der Waals surface area contributed by atoms with Gasteiger partial charge in [0.15, 0.2) is 0 Å². The van der Waals surface area contributed by atoms with E-state index in [9.17, 15) is 4.79 Å². The maximum absolute atomic E-state index is 11.3. The van der Waals surface area contributed by atoms with E-state index in [1.54, 1.807) is 0 Å². The van der Waals surface area contributed by atoms with Crippen LogP contribution < -0.4 is 10.6 Å². The fourth-order valence-electron chi connectivity index (χ4n) is 0.863. The van der Waals surface area contributed by atoms with Gasteiger partial charge in [-0.15, -0.1) is 0 Å². The summed E-state index contributed by atoms with van der Waals surface area (Å²) in [7, 11) is 0. The predicted molar refractivity (Wildman–Crippen MR) is 51.0 cm³/mol. The minimum absolute atomic E-state index is 0.0765. The van der Waals surface area contributed by atoms with E-state index in [1.807, 2.05) is 20.8 Å². The number of hydrogen-bond acceptors (Lipinski definition) is 2. The average molecular weight is 172 g/mol. The van der Waals surface area contributed by atoms with Crippen molar-refractivity contribution in [3.63, 3.8) is 0 Å². The average Bonchev–Trinajstić information content (AvgIpc) is 1.98. The van der Waals surface area contributed by atoms with Gasteiger partial charge in [-0.2, -0.15) is 0 Å². The molecule has 0 aliphatic heterocycles. The number of amides is 1. The molecule has 0 saturated heterocycles. The van der Waals surface area contributed by atoms with Crippen LogP contribution in [0.25, 0.3) is 0 Å². The second-order valence-corrected chi connectivity index (χ2v) is 3.34. The highest BCUT2D eigenvalue weighted by molar-refractivity contribution is 5.81. The fraction of sp³-hybridized carbons (Fsp3) is 0.889. The standard InChI is InChI=1S/C9H20N2O/c1-5-6-10-8(4)9(12)11-7(2)3/h7-8,10H,5-6H2,1-4H3,(H,11,12). The zero-order valence-electron chi connectivity index (χ0n) is 8.48. The van der Waals surface area contributed by atoms with Crippen LogP contribution in [0, 0.1) is 0 Å². The van der Waals surface area contributed by atoms with E-state index in [1.165, 1.54) is 0 Å². The molecule has 0 aromatic heterocycles. The van der Waals surface area contributed by atoms with Crippen LogP contribution in [0.15, 0.2) is 0 Å². The lowest BCUT2D eigenvalue weighted by Crippen LogP contribution is -2.44. The molecule has 0 aromatic rings. The number of nitrogens with one attached hydrogen (secondary N) is 2. The molecule has 72 valence electrons. The van der Waals surface area contributed by atoms with Gasteiger partial charge < -0.3 is 10.6 Å².